The lowest BCUT2D eigenvalue weighted by atomic mass is 10.4. The van der Waals surface area contributed by atoms with Gasteiger partial charge in [0.15, 0.2) is 5.82 Å². The van der Waals surface area contributed by atoms with Crippen LogP contribution in [0.5, 0.6) is 0 Å². The smallest absolute Gasteiger partial charge is 0.156 e. The summed E-state index contributed by atoms with van der Waals surface area (Å²) in [5.74, 6) is 0.618. The fourth-order valence-electron chi connectivity index (χ4n) is 0.837. The summed E-state index contributed by atoms with van der Waals surface area (Å²) in [7, 11) is 0. The summed E-state index contributed by atoms with van der Waals surface area (Å²) in [4.78, 5) is 8.26. The Balaban J connectivity index is 2.86. The molecule has 0 aliphatic heterocycles. The van der Waals surface area contributed by atoms with Gasteiger partial charge in [0.1, 0.15) is 11.8 Å². The molecule has 0 fully saturated rings. The molecule has 1 rings (SSSR count). The maximum atomic E-state index is 5.84. The van der Waals surface area contributed by atoms with Crippen molar-refractivity contribution < 1.29 is 4.74 Å². The van der Waals surface area contributed by atoms with Crippen molar-refractivity contribution in [3.63, 3.8) is 0 Å². The van der Waals surface area contributed by atoms with E-state index in [0.29, 0.717) is 24.2 Å². The lowest BCUT2D eigenvalue weighted by Crippen LogP contribution is -2.01. The first-order valence-electron chi connectivity index (χ1n) is 3.91. The van der Waals surface area contributed by atoms with Crippen LogP contribution in [-0.2, 0) is 11.3 Å². The Hall–Kier alpha value is -0.190. The van der Waals surface area contributed by atoms with Crippen LogP contribution in [0.15, 0.2) is 4.47 Å². The minimum absolute atomic E-state index is 0.407. The topological polar surface area (TPSA) is 35.0 Å². The Morgan fingerprint density at radius 2 is 2.15 bits per heavy atom. The first-order valence-corrected chi connectivity index (χ1v) is 5.08. The number of ether oxygens (including phenoxy) is 1. The summed E-state index contributed by atoms with van der Waals surface area (Å²) >= 11 is 9.13. The monoisotopic (exact) mass is 264 g/mol. The predicted octanol–water partition coefficient (Wildman–Crippen LogP) is 2.74. The molecule has 0 bridgehead atoms. The lowest BCUT2D eigenvalue weighted by Gasteiger charge is -2.04. The molecular formula is C8H10BrClN2O. The van der Waals surface area contributed by atoms with Crippen LogP contribution in [0.3, 0.4) is 0 Å². The summed E-state index contributed by atoms with van der Waals surface area (Å²) in [5.41, 5.74) is 0.828. The van der Waals surface area contributed by atoms with Crippen molar-refractivity contribution in [3.8, 4) is 0 Å². The second-order valence-electron chi connectivity index (χ2n) is 2.47. The number of nitrogens with zero attached hydrogens (tertiary/aromatic N) is 2. The Bertz CT molecular complexity index is 283. The van der Waals surface area contributed by atoms with E-state index in [0.717, 1.165) is 10.2 Å². The molecule has 5 heteroatoms. The zero-order valence-electron chi connectivity index (χ0n) is 7.47. The van der Waals surface area contributed by atoms with Crippen LogP contribution in [0.25, 0.3) is 0 Å². The van der Waals surface area contributed by atoms with E-state index in [9.17, 15) is 0 Å². The molecule has 0 aliphatic rings. The van der Waals surface area contributed by atoms with Gasteiger partial charge < -0.3 is 4.74 Å². The van der Waals surface area contributed by atoms with Crippen LogP contribution in [0, 0.1) is 6.92 Å². The molecule has 1 aromatic rings. The second-order valence-corrected chi connectivity index (χ2v) is 3.62. The fourth-order valence-corrected chi connectivity index (χ4v) is 1.25. The third-order valence-electron chi connectivity index (χ3n) is 1.46. The molecule has 0 radical (unpaired) electrons. The summed E-state index contributed by atoms with van der Waals surface area (Å²) in [6, 6.07) is 0. The van der Waals surface area contributed by atoms with Gasteiger partial charge in [0.25, 0.3) is 0 Å². The Morgan fingerprint density at radius 1 is 1.46 bits per heavy atom. The molecule has 0 saturated heterocycles. The van der Waals surface area contributed by atoms with Crippen molar-refractivity contribution in [2.75, 3.05) is 6.61 Å². The Kier molecular flexibility index (Phi) is 4.09. The molecule has 13 heavy (non-hydrogen) atoms. The Labute approximate surface area is 90.6 Å². The maximum Gasteiger partial charge on any atom is 0.156 e. The van der Waals surface area contributed by atoms with E-state index in [1.54, 1.807) is 0 Å². The summed E-state index contributed by atoms with van der Waals surface area (Å²) < 4.78 is 5.92. The number of hydrogen-bond donors (Lipinski definition) is 0. The third kappa shape index (κ3) is 2.90. The van der Waals surface area contributed by atoms with Crippen LogP contribution >= 0.6 is 27.5 Å². The second kappa shape index (κ2) is 4.88. The van der Waals surface area contributed by atoms with Gasteiger partial charge >= 0.3 is 0 Å². The molecule has 1 aromatic heterocycles. The zero-order chi connectivity index (χ0) is 9.84. The third-order valence-corrected chi connectivity index (χ3v) is 2.91. The molecule has 0 spiro atoms. The average molecular weight is 266 g/mol. The van der Waals surface area contributed by atoms with Crippen molar-refractivity contribution in [2.24, 2.45) is 0 Å². The van der Waals surface area contributed by atoms with E-state index in [1.165, 1.54) is 0 Å². The summed E-state index contributed by atoms with van der Waals surface area (Å²) in [5, 5.41) is 0.433. The zero-order valence-corrected chi connectivity index (χ0v) is 9.81. The quantitative estimate of drug-likeness (QED) is 0.788. The summed E-state index contributed by atoms with van der Waals surface area (Å²) in [6.45, 7) is 4.85. The van der Waals surface area contributed by atoms with Crippen LogP contribution in [-0.4, -0.2) is 16.6 Å². The molecule has 0 aliphatic carbocycles. The normalized spacial score (nSPS) is 10.5. The number of rotatable bonds is 3. The predicted molar refractivity (Wildman–Crippen MR) is 54.8 cm³/mol. The highest BCUT2D eigenvalue weighted by Gasteiger charge is 2.06. The van der Waals surface area contributed by atoms with Crippen LogP contribution in [0.1, 0.15) is 18.4 Å². The standard InChI is InChI=1S/C8H10BrClN2O/c1-3-13-4-6-11-5(2)7(9)8(10)12-6/h3-4H2,1-2H3. The van der Waals surface area contributed by atoms with Gasteiger partial charge in [-0.2, -0.15) is 0 Å². The maximum absolute atomic E-state index is 5.84. The van der Waals surface area contributed by atoms with Gasteiger partial charge in [-0.05, 0) is 29.8 Å². The first-order chi connectivity index (χ1) is 6.15. The average Bonchev–Trinajstić information content (AvgIpc) is 2.10. The van der Waals surface area contributed by atoms with Gasteiger partial charge in [0, 0.05) is 6.61 Å². The molecule has 0 amide bonds. The molecule has 72 valence electrons. The van der Waals surface area contributed by atoms with E-state index in [2.05, 4.69) is 25.9 Å². The minimum Gasteiger partial charge on any atom is -0.374 e. The van der Waals surface area contributed by atoms with E-state index in [-0.39, 0.29) is 0 Å². The SMILES string of the molecule is CCOCc1nc(C)c(Br)c(Cl)n1. The number of halogens is 2. The number of hydrogen-bond acceptors (Lipinski definition) is 3. The Morgan fingerprint density at radius 3 is 2.69 bits per heavy atom. The lowest BCUT2D eigenvalue weighted by molar-refractivity contribution is 0.128. The van der Waals surface area contributed by atoms with E-state index in [4.69, 9.17) is 16.3 Å². The van der Waals surface area contributed by atoms with Gasteiger partial charge in [-0.1, -0.05) is 11.6 Å². The molecule has 1 heterocycles. The first kappa shape index (κ1) is 10.9. The van der Waals surface area contributed by atoms with Crippen LogP contribution in [0.2, 0.25) is 5.15 Å². The van der Waals surface area contributed by atoms with Gasteiger partial charge in [-0.25, -0.2) is 9.97 Å². The van der Waals surface area contributed by atoms with E-state index in [1.807, 2.05) is 13.8 Å². The highest BCUT2D eigenvalue weighted by molar-refractivity contribution is 9.10. The molecule has 0 N–H and O–H groups in total. The molecular weight excluding hydrogens is 255 g/mol. The van der Waals surface area contributed by atoms with Crippen molar-refractivity contribution >= 4 is 27.5 Å². The number of aromatic nitrogens is 2. The molecule has 0 saturated carbocycles. The van der Waals surface area contributed by atoms with Crippen molar-refractivity contribution in [2.45, 2.75) is 20.5 Å². The summed E-state index contributed by atoms with van der Waals surface area (Å²) in [6.07, 6.45) is 0. The van der Waals surface area contributed by atoms with Gasteiger partial charge in [0.2, 0.25) is 0 Å². The molecule has 0 atom stereocenters. The van der Waals surface area contributed by atoms with Crippen molar-refractivity contribution in [1.29, 1.82) is 0 Å². The minimum atomic E-state index is 0.407. The van der Waals surface area contributed by atoms with Gasteiger partial charge in [0.05, 0.1) is 10.2 Å². The van der Waals surface area contributed by atoms with E-state index < -0.39 is 0 Å². The van der Waals surface area contributed by atoms with Crippen molar-refractivity contribution in [3.05, 3.63) is 21.1 Å². The highest BCUT2D eigenvalue weighted by Crippen LogP contribution is 2.22. The largest absolute Gasteiger partial charge is 0.374 e. The molecule has 3 nitrogen and oxygen atoms in total. The molecule has 0 unspecified atom stereocenters. The van der Waals surface area contributed by atoms with Gasteiger partial charge in [-0.15, -0.1) is 0 Å². The number of aryl methyl sites for hydroxylation is 1. The van der Waals surface area contributed by atoms with Gasteiger partial charge in [-0.3, -0.25) is 0 Å². The molecule has 0 aromatic carbocycles. The highest BCUT2D eigenvalue weighted by atomic mass is 79.9. The van der Waals surface area contributed by atoms with Crippen LogP contribution < -0.4 is 0 Å². The van der Waals surface area contributed by atoms with Crippen LogP contribution in [0.4, 0.5) is 0 Å². The van der Waals surface area contributed by atoms with Crippen molar-refractivity contribution in [1.82, 2.24) is 9.97 Å². The fraction of sp³-hybridized carbons (Fsp3) is 0.500. The van der Waals surface area contributed by atoms with E-state index >= 15 is 0 Å².